The molecule has 6 heteroatoms. The molecule has 5 nitrogen and oxygen atoms in total. The number of H-pyrrole nitrogens is 1. The van der Waals surface area contributed by atoms with E-state index in [1.165, 1.54) is 22.0 Å². The Morgan fingerprint density at radius 1 is 1.04 bits per heavy atom. The van der Waals surface area contributed by atoms with Crippen LogP contribution in [0.2, 0.25) is 0 Å². The minimum absolute atomic E-state index is 0. The van der Waals surface area contributed by atoms with E-state index in [4.69, 9.17) is 0 Å². The van der Waals surface area contributed by atoms with E-state index in [1.54, 1.807) is 12.1 Å². The first-order valence-electron chi connectivity index (χ1n) is 9.61. The lowest BCUT2D eigenvalue weighted by atomic mass is 10.1. The van der Waals surface area contributed by atoms with Gasteiger partial charge >= 0.3 is 0 Å². The molecule has 0 aliphatic rings. The van der Waals surface area contributed by atoms with Gasteiger partial charge in [0.1, 0.15) is 5.75 Å². The number of aromatic nitrogens is 1. The van der Waals surface area contributed by atoms with Crippen LogP contribution < -0.4 is 10.6 Å². The number of phenols is 1. The summed E-state index contributed by atoms with van der Waals surface area (Å²) in [5.41, 5.74) is 3.73. The highest BCUT2D eigenvalue weighted by molar-refractivity contribution is 14.0. The van der Waals surface area contributed by atoms with E-state index in [1.807, 2.05) is 12.1 Å². The van der Waals surface area contributed by atoms with Gasteiger partial charge in [0.15, 0.2) is 5.96 Å². The van der Waals surface area contributed by atoms with Crippen LogP contribution >= 0.6 is 24.0 Å². The van der Waals surface area contributed by atoms with Gasteiger partial charge in [-0.3, -0.25) is 4.99 Å². The number of hydrogen-bond acceptors (Lipinski definition) is 2. The Morgan fingerprint density at radius 3 is 2.61 bits per heavy atom. The van der Waals surface area contributed by atoms with Gasteiger partial charge in [-0.2, -0.15) is 0 Å². The number of para-hydroxylation sites is 1. The first-order chi connectivity index (χ1) is 13.3. The van der Waals surface area contributed by atoms with Crippen LogP contribution in [0.15, 0.2) is 59.7 Å². The molecule has 0 spiro atoms. The standard InChI is InChI=1S/C22H28N4O.HI/c1-2-23-22(24-14-5-6-17-9-11-19(27)12-10-17)25-15-13-18-16-26-21-8-4-3-7-20(18)21;/h3-4,7-12,16,26-27H,2,5-6,13-15H2,1H3,(H2,23,24,25);1H. The molecule has 28 heavy (non-hydrogen) atoms. The molecule has 0 amide bonds. The van der Waals surface area contributed by atoms with Crippen LogP contribution in [0.1, 0.15) is 24.5 Å². The van der Waals surface area contributed by atoms with Crippen LogP contribution in [-0.2, 0) is 12.8 Å². The Morgan fingerprint density at radius 2 is 1.82 bits per heavy atom. The molecule has 0 aliphatic heterocycles. The number of aromatic hydroxyl groups is 1. The lowest BCUT2D eigenvalue weighted by Crippen LogP contribution is -2.38. The van der Waals surface area contributed by atoms with Gasteiger partial charge in [-0.15, -0.1) is 24.0 Å². The molecule has 1 heterocycles. The number of fused-ring (bicyclic) bond motifs is 1. The average molecular weight is 492 g/mol. The quantitative estimate of drug-likeness (QED) is 0.165. The van der Waals surface area contributed by atoms with Crippen LogP contribution in [0.4, 0.5) is 0 Å². The van der Waals surface area contributed by atoms with Gasteiger partial charge in [0, 0.05) is 36.7 Å². The largest absolute Gasteiger partial charge is 0.508 e. The van der Waals surface area contributed by atoms with Gasteiger partial charge in [-0.05, 0) is 55.5 Å². The number of aromatic amines is 1. The number of phenolic OH excluding ortho intramolecular Hbond substituents is 1. The molecule has 0 unspecified atom stereocenters. The molecular formula is C22H29IN4O. The topological polar surface area (TPSA) is 72.4 Å². The zero-order valence-electron chi connectivity index (χ0n) is 16.2. The summed E-state index contributed by atoms with van der Waals surface area (Å²) in [4.78, 5) is 7.99. The second-order valence-electron chi connectivity index (χ2n) is 6.57. The van der Waals surface area contributed by atoms with Crippen LogP contribution in [-0.4, -0.2) is 35.7 Å². The second-order valence-corrected chi connectivity index (χ2v) is 6.57. The molecular weight excluding hydrogens is 463 g/mol. The van der Waals surface area contributed by atoms with Crippen molar-refractivity contribution in [2.75, 3.05) is 19.6 Å². The predicted octanol–water partition coefficient (Wildman–Crippen LogP) is 4.22. The van der Waals surface area contributed by atoms with Crippen molar-refractivity contribution in [2.24, 2.45) is 4.99 Å². The highest BCUT2D eigenvalue weighted by Gasteiger charge is 2.03. The number of aliphatic imine (C=N–C) groups is 1. The maximum absolute atomic E-state index is 9.33. The average Bonchev–Trinajstić information content (AvgIpc) is 3.10. The van der Waals surface area contributed by atoms with E-state index >= 15 is 0 Å². The smallest absolute Gasteiger partial charge is 0.191 e. The summed E-state index contributed by atoms with van der Waals surface area (Å²) < 4.78 is 0. The van der Waals surface area contributed by atoms with Gasteiger partial charge in [0.2, 0.25) is 0 Å². The molecule has 1 aromatic heterocycles. The van der Waals surface area contributed by atoms with E-state index in [0.29, 0.717) is 5.75 Å². The Labute approximate surface area is 183 Å². The number of nitrogens with zero attached hydrogens (tertiary/aromatic N) is 1. The minimum atomic E-state index is 0. The lowest BCUT2D eigenvalue weighted by molar-refractivity contribution is 0.475. The molecule has 0 atom stereocenters. The van der Waals surface area contributed by atoms with E-state index < -0.39 is 0 Å². The maximum atomic E-state index is 9.33. The van der Waals surface area contributed by atoms with Gasteiger partial charge < -0.3 is 20.7 Å². The number of guanidine groups is 1. The van der Waals surface area contributed by atoms with Crippen molar-refractivity contribution in [3.63, 3.8) is 0 Å². The van der Waals surface area contributed by atoms with Crippen molar-refractivity contribution >= 4 is 40.8 Å². The third kappa shape index (κ3) is 6.44. The van der Waals surface area contributed by atoms with Crippen molar-refractivity contribution in [2.45, 2.75) is 26.2 Å². The number of nitrogens with one attached hydrogen (secondary N) is 3. The molecule has 150 valence electrons. The molecule has 0 saturated carbocycles. The predicted molar refractivity (Wildman–Crippen MR) is 128 cm³/mol. The molecule has 0 radical (unpaired) electrons. The molecule has 4 N–H and O–H groups in total. The number of aryl methyl sites for hydroxylation is 1. The third-order valence-corrected chi connectivity index (χ3v) is 4.54. The van der Waals surface area contributed by atoms with Crippen LogP contribution in [0.3, 0.4) is 0 Å². The van der Waals surface area contributed by atoms with E-state index in [0.717, 1.165) is 44.9 Å². The van der Waals surface area contributed by atoms with Crippen LogP contribution in [0.5, 0.6) is 5.75 Å². The van der Waals surface area contributed by atoms with Crippen molar-refractivity contribution in [3.05, 3.63) is 65.9 Å². The summed E-state index contributed by atoms with van der Waals surface area (Å²) in [6.45, 7) is 4.53. The van der Waals surface area contributed by atoms with Gasteiger partial charge in [0.05, 0.1) is 0 Å². The Balaban J connectivity index is 0.00000280. The normalized spacial score (nSPS) is 11.2. The van der Waals surface area contributed by atoms with Crippen LogP contribution in [0.25, 0.3) is 10.9 Å². The third-order valence-electron chi connectivity index (χ3n) is 4.54. The van der Waals surface area contributed by atoms with Gasteiger partial charge in [-0.25, -0.2) is 0 Å². The molecule has 3 aromatic rings. The van der Waals surface area contributed by atoms with E-state index in [-0.39, 0.29) is 24.0 Å². The lowest BCUT2D eigenvalue weighted by Gasteiger charge is -2.11. The summed E-state index contributed by atoms with van der Waals surface area (Å²) in [5, 5.41) is 17.3. The first kappa shape index (κ1) is 22.1. The minimum Gasteiger partial charge on any atom is -0.508 e. The van der Waals surface area contributed by atoms with Crippen molar-refractivity contribution in [1.82, 2.24) is 15.6 Å². The van der Waals surface area contributed by atoms with Crippen molar-refractivity contribution in [3.8, 4) is 5.75 Å². The second kappa shape index (κ2) is 11.6. The Kier molecular flexibility index (Phi) is 9.13. The zero-order chi connectivity index (χ0) is 18.9. The molecule has 2 aromatic carbocycles. The summed E-state index contributed by atoms with van der Waals surface area (Å²) >= 11 is 0. The highest BCUT2D eigenvalue weighted by atomic mass is 127. The van der Waals surface area contributed by atoms with Crippen molar-refractivity contribution < 1.29 is 5.11 Å². The van der Waals surface area contributed by atoms with E-state index in [9.17, 15) is 5.11 Å². The Bertz CT molecular complexity index is 874. The molecule has 0 saturated heterocycles. The van der Waals surface area contributed by atoms with Gasteiger partial charge in [-0.1, -0.05) is 30.3 Å². The molecule has 3 rings (SSSR count). The first-order valence-corrected chi connectivity index (χ1v) is 9.61. The van der Waals surface area contributed by atoms with Crippen molar-refractivity contribution in [1.29, 1.82) is 0 Å². The summed E-state index contributed by atoms with van der Waals surface area (Å²) in [6.07, 6.45) is 4.97. The maximum Gasteiger partial charge on any atom is 0.191 e. The molecule has 0 bridgehead atoms. The number of rotatable bonds is 8. The van der Waals surface area contributed by atoms with E-state index in [2.05, 4.69) is 58.0 Å². The zero-order valence-corrected chi connectivity index (χ0v) is 18.6. The molecule has 0 fully saturated rings. The fourth-order valence-corrected chi connectivity index (χ4v) is 3.13. The SMILES string of the molecule is CCNC(=NCCCc1ccc(O)cc1)NCCc1c[nH]c2ccccc12.I. The molecule has 0 aliphatic carbocycles. The Hall–Kier alpha value is -2.22. The highest BCUT2D eigenvalue weighted by Crippen LogP contribution is 2.17. The number of halogens is 1. The summed E-state index contributed by atoms with van der Waals surface area (Å²) in [6, 6.07) is 15.8. The fraction of sp³-hybridized carbons (Fsp3) is 0.318. The van der Waals surface area contributed by atoms with Crippen LogP contribution in [0, 0.1) is 0 Å². The number of hydrogen-bond donors (Lipinski definition) is 4. The fourth-order valence-electron chi connectivity index (χ4n) is 3.13. The number of benzene rings is 2. The summed E-state index contributed by atoms with van der Waals surface area (Å²) in [5.74, 6) is 1.17. The summed E-state index contributed by atoms with van der Waals surface area (Å²) in [7, 11) is 0. The monoisotopic (exact) mass is 492 g/mol. The van der Waals surface area contributed by atoms with Gasteiger partial charge in [0.25, 0.3) is 0 Å².